The van der Waals surface area contributed by atoms with Gasteiger partial charge < -0.3 is 15.2 Å². The molecule has 2 N–H and O–H groups in total. The Morgan fingerprint density at radius 3 is 1.92 bits per heavy atom. The molecule has 0 aromatic rings. The molecule has 0 radical (unpaired) electrons. The van der Waals surface area contributed by atoms with E-state index in [-0.39, 0.29) is 0 Å². The smallest absolute Gasteiger partial charge is 0.277 e. The van der Waals surface area contributed by atoms with Gasteiger partial charge in [-0.2, -0.15) is 0 Å². The van der Waals surface area contributed by atoms with E-state index in [4.69, 9.17) is 15.2 Å². The number of ether oxygens (including phenoxy) is 2. The molecule has 4 nitrogen and oxygen atoms in total. The van der Waals surface area contributed by atoms with Crippen LogP contribution in [0.1, 0.15) is 90.4 Å². The molecule has 0 aliphatic carbocycles. The molecule has 0 unspecified atom stereocenters. The van der Waals surface area contributed by atoms with E-state index in [0.29, 0.717) is 19.6 Å². The van der Waals surface area contributed by atoms with Crippen molar-refractivity contribution in [2.45, 2.75) is 96.2 Å². The van der Waals surface area contributed by atoms with Gasteiger partial charge in [-0.3, -0.25) is 4.79 Å². The maximum absolute atomic E-state index is 11.5. The number of allylic oxidation sites excluding steroid dienone is 2. The van der Waals surface area contributed by atoms with E-state index in [9.17, 15) is 4.79 Å². The Balaban J connectivity index is 1.90. The van der Waals surface area contributed by atoms with Gasteiger partial charge in [0.1, 0.15) is 0 Å². The summed E-state index contributed by atoms with van der Waals surface area (Å²) in [5.41, 5.74) is 5.39. The number of amides is 1. The molecule has 24 heavy (non-hydrogen) atoms. The average Bonchev–Trinajstić information content (AvgIpc) is 3.05. The Labute approximate surface area is 148 Å². The lowest BCUT2D eigenvalue weighted by Gasteiger charge is -2.23. The Morgan fingerprint density at radius 2 is 1.38 bits per heavy atom. The van der Waals surface area contributed by atoms with Gasteiger partial charge in [-0.25, -0.2) is 0 Å². The second kappa shape index (κ2) is 13.4. The fraction of sp³-hybridized carbons (Fsp3) is 0.850. The largest absolute Gasteiger partial charge is 0.365 e. The molecular formula is C20H37NO3. The summed E-state index contributed by atoms with van der Waals surface area (Å²) in [6.45, 7) is 3.19. The van der Waals surface area contributed by atoms with Crippen molar-refractivity contribution in [1.82, 2.24) is 0 Å². The quantitative estimate of drug-likeness (QED) is 0.342. The first kappa shape index (κ1) is 21.2. The fourth-order valence-corrected chi connectivity index (χ4v) is 3.12. The fourth-order valence-electron chi connectivity index (χ4n) is 3.12. The van der Waals surface area contributed by atoms with Crippen LogP contribution >= 0.6 is 0 Å². The molecule has 0 spiro atoms. The van der Waals surface area contributed by atoms with Crippen molar-refractivity contribution in [2.75, 3.05) is 13.2 Å². The summed E-state index contributed by atoms with van der Waals surface area (Å²) in [5.74, 6) is -1.63. The standard InChI is InChI=1S/C20H37NO3/c1-2-3-4-5-6-7-8-9-10-11-12-13-14-15-16-20(19(21)22)23-17-18-24-20/h9-10H,2-8,11-18H2,1H3,(H2,21,22)/b10-9-. The van der Waals surface area contributed by atoms with Gasteiger partial charge >= 0.3 is 0 Å². The molecule has 1 saturated heterocycles. The maximum atomic E-state index is 11.5. The van der Waals surface area contributed by atoms with Gasteiger partial charge in [0.05, 0.1) is 13.2 Å². The first-order valence-electron chi connectivity index (χ1n) is 9.94. The van der Waals surface area contributed by atoms with Crippen molar-refractivity contribution in [3.63, 3.8) is 0 Å². The summed E-state index contributed by atoms with van der Waals surface area (Å²) in [6, 6.07) is 0. The number of unbranched alkanes of at least 4 members (excludes halogenated alkanes) is 10. The maximum Gasteiger partial charge on any atom is 0.277 e. The van der Waals surface area contributed by atoms with Crippen LogP contribution in [0.15, 0.2) is 12.2 Å². The van der Waals surface area contributed by atoms with E-state index in [1.807, 2.05) is 0 Å². The molecule has 1 aliphatic rings. The lowest BCUT2D eigenvalue weighted by Crippen LogP contribution is -2.44. The van der Waals surface area contributed by atoms with Crippen molar-refractivity contribution in [3.8, 4) is 0 Å². The van der Waals surface area contributed by atoms with E-state index in [1.54, 1.807) is 0 Å². The number of hydrogen-bond donors (Lipinski definition) is 1. The predicted octanol–water partition coefficient (Wildman–Crippen LogP) is 4.86. The SMILES string of the molecule is CCCCCCCC/C=C\CCCCCCC1(C(N)=O)OCCO1. The van der Waals surface area contributed by atoms with E-state index in [0.717, 1.165) is 19.3 Å². The van der Waals surface area contributed by atoms with Gasteiger partial charge in [0.25, 0.3) is 5.91 Å². The minimum absolute atomic E-state index is 0.465. The number of nitrogens with two attached hydrogens (primary N) is 1. The summed E-state index contributed by atoms with van der Waals surface area (Å²) in [5, 5.41) is 0. The lowest BCUT2D eigenvalue weighted by molar-refractivity contribution is -0.182. The van der Waals surface area contributed by atoms with Crippen LogP contribution in [-0.4, -0.2) is 24.9 Å². The van der Waals surface area contributed by atoms with Crippen molar-refractivity contribution in [3.05, 3.63) is 12.2 Å². The number of primary amides is 1. The molecule has 0 saturated carbocycles. The average molecular weight is 340 g/mol. The summed E-state index contributed by atoms with van der Waals surface area (Å²) in [6.07, 6.45) is 20.2. The lowest BCUT2D eigenvalue weighted by atomic mass is 10.0. The first-order chi connectivity index (χ1) is 11.7. The molecule has 1 aliphatic heterocycles. The van der Waals surface area contributed by atoms with Gasteiger partial charge in [0, 0.05) is 6.42 Å². The topological polar surface area (TPSA) is 61.6 Å². The monoisotopic (exact) mass is 339 g/mol. The zero-order chi connectivity index (χ0) is 17.5. The number of carbonyl (C=O) groups excluding carboxylic acids is 1. The Hall–Kier alpha value is -0.870. The summed E-state index contributed by atoms with van der Waals surface area (Å²) >= 11 is 0. The van der Waals surface area contributed by atoms with Gasteiger partial charge in [-0.15, -0.1) is 0 Å². The van der Waals surface area contributed by atoms with Crippen LogP contribution in [0.25, 0.3) is 0 Å². The van der Waals surface area contributed by atoms with Crippen molar-refractivity contribution in [1.29, 1.82) is 0 Å². The van der Waals surface area contributed by atoms with Crippen LogP contribution in [0.5, 0.6) is 0 Å². The Bertz CT molecular complexity index is 349. The van der Waals surface area contributed by atoms with E-state index < -0.39 is 11.7 Å². The molecule has 1 amide bonds. The molecule has 0 atom stereocenters. The molecule has 1 fully saturated rings. The molecule has 0 aromatic heterocycles. The van der Waals surface area contributed by atoms with E-state index >= 15 is 0 Å². The molecule has 0 bridgehead atoms. The van der Waals surface area contributed by atoms with Gasteiger partial charge in [0.15, 0.2) is 0 Å². The molecular weight excluding hydrogens is 302 g/mol. The molecule has 140 valence electrons. The zero-order valence-electron chi connectivity index (χ0n) is 15.6. The van der Waals surface area contributed by atoms with Crippen LogP contribution in [0, 0.1) is 0 Å². The van der Waals surface area contributed by atoms with Crippen LogP contribution in [0.4, 0.5) is 0 Å². The third kappa shape index (κ3) is 8.84. The van der Waals surface area contributed by atoms with Crippen LogP contribution < -0.4 is 5.73 Å². The predicted molar refractivity (Wildman–Crippen MR) is 98.7 cm³/mol. The normalized spacial score (nSPS) is 16.9. The van der Waals surface area contributed by atoms with Crippen molar-refractivity contribution < 1.29 is 14.3 Å². The molecule has 1 rings (SSSR count). The number of hydrogen-bond acceptors (Lipinski definition) is 3. The van der Waals surface area contributed by atoms with Gasteiger partial charge in [-0.1, -0.05) is 64.0 Å². The Kier molecular flexibility index (Phi) is 11.8. The van der Waals surface area contributed by atoms with Crippen LogP contribution in [0.2, 0.25) is 0 Å². The van der Waals surface area contributed by atoms with Crippen molar-refractivity contribution >= 4 is 5.91 Å². The molecule has 0 aromatic carbocycles. The number of carbonyl (C=O) groups is 1. The highest BCUT2D eigenvalue weighted by Crippen LogP contribution is 2.26. The number of rotatable bonds is 15. The summed E-state index contributed by atoms with van der Waals surface area (Å²) in [7, 11) is 0. The highest BCUT2D eigenvalue weighted by molar-refractivity contribution is 5.82. The highest BCUT2D eigenvalue weighted by Gasteiger charge is 2.42. The van der Waals surface area contributed by atoms with E-state index in [1.165, 1.54) is 57.8 Å². The summed E-state index contributed by atoms with van der Waals surface area (Å²) in [4.78, 5) is 11.5. The van der Waals surface area contributed by atoms with Gasteiger partial charge in [-0.05, 0) is 32.1 Å². The molecule has 4 heteroatoms. The molecule has 1 heterocycles. The third-order valence-electron chi connectivity index (χ3n) is 4.65. The summed E-state index contributed by atoms with van der Waals surface area (Å²) < 4.78 is 10.8. The van der Waals surface area contributed by atoms with E-state index in [2.05, 4.69) is 19.1 Å². The van der Waals surface area contributed by atoms with Crippen LogP contribution in [-0.2, 0) is 14.3 Å². The van der Waals surface area contributed by atoms with Crippen LogP contribution in [0.3, 0.4) is 0 Å². The zero-order valence-corrected chi connectivity index (χ0v) is 15.6. The second-order valence-corrected chi connectivity index (χ2v) is 6.79. The van der Waals surface area contributed by atoms with Gasteiger partial charge in [0.2, 0.25) is 5.79 Å². The van der Waals surface area contributed by atoms with Crippen molar-refractivity contribution in [2.24, 2.45) is 5.73 Å². The minimum atomic E-state index is -1.14. The minimum Gasteiger partial charge on any atom is -0.365 e. The Morgan fingerprint density at radius 1 is 0.875 bits per heavy atom. The highest BCUT2D eigenvalue weighted by atomic mass is 16.7. The third-order valence-corrected chi connectivity index (χ3v) is 4.65. The first-order valence-corrected chi connectivity index (χ1v) is 9.94. The second-order valence-electron chi connectivity index (χ2n) is 6.79.